The van der Waals surface area contributed by atoms with Gasteiger partial charge >= 0.3 is 5.97 Å². The van der Waals surface area contributed by atoms with Crippen molar-refractivity contribution in [3.63, 3.8) is 0 Å². The number of carbonyl (C=O) groups is 2. The standard InChI is InChI=1S/C15H22N2O3/c1-4-17(9-11(3)15(19)20)14(18)13(16)12-7-5-10(2)6-8-12/h5-8,11,13H,4,9,16H2,1-3H3,(H,19,20). The number of benzene rings is 1. The fraction of sp³-hybridized carbons (Fsp3) is 0.467. The number of nitrogens with two attached hydrogens (primary N) is 1. The maximum absolute atomic E-state index is 12.3. The van der Waals surface area contributed by atoms with E-state index in [0.29, 0.717) is 6.54 Å². The van der Waals surface area contributed by atoms with Gasteiger partial charge in [0.25, 0.3) is 0 Å². The first-order chi connectivity index (χ1) is 9.36. The van der Waals surface area contributed by atoms with E-state index in [-0.39, 0.29) is 12.5 Å². The summed E-state index contributed by atoms with van der Waals surface area (Å²) in [4.78, 5) is 24.7. The van der Waals surface area contributed by atoms with Crippen molar-refractivity contribution in [3.8, 4) is 0 Å². The number of hydrogen-bond acceptors (Lipinski definition) is 3. The topological polar surface area (TPSA) is 83.6 Å². The average molecular weight is 278 g/mol. The minimum atomic E-state index is -0.917. The Balaban J connectivity index is 2.79. The minimum absolute atomic E-state index is 0.171. The Labute approximate surface area is 119 Å². The first kappa shape index (κ1) is 16.2. The van der Waals surface area contributed by atoms with Crippen LogP contribution in [0.5, 0.6) is 0 Å². The maximum atomic E-state index is 12.3. The number of carboxylic acids is 1. The molecule has 0 spiro atoms. The zero-order valence-electron chi connectivity index (χ0n) is 12.2. The SMILES string of the molecule is CCN(CC(C)C(=O)O)C(=O)C(N)c1ccc(C)cc1. The lowest BCUT2D eigenvalue weighted by molar-refractivity contribution is -0.143. The number of rotatable bonds is 6. The Kier molecular flexibility index (Phi) is 5.70. The van der Waals surface area contributed by atoms with Crippen LogP contribution in [-0.2, 0) is 9.59 Å². The molecule has 5 heteroatoms. The number of amides is 1. The molecule has 0 aliphatic carbocycles. The van der Waals surface area contributed by atoms with Gasteiger partial charge in [-0.1, -0.05) is 36.8 Å². The number of carboxylic acid groups (broad SMARTS) is 1. The van der Waals surface area contributed by atoms with Gasteiger partial charge in [-0.3, -0.25) is 9.59 Å². The molecule has 20 heavy (non-hydrogen) atoms. The third-order valence-electron chi connectivity index (χ3n) is 3.31. The van der Waals surface area contributed by atoms with Gasteiger partial charge in [0.2, 0.25) is 5.91 Å². The summed E-state index contributed by atoms with van der Waals surface area (Å²) in [6.45, 7) is 5.97. The van der Waals surface area contributed by atoms with Crippen LogP contribution < -0.4 is 5.73 Å². The summed E-state index contributed by atoms with van der Waals surface area (Å²) < 4.78 is 0. The molecule has 5 nitrogen and oxygen atoms in total. The van der Waals surface area contributed by atoms with Gasteiger partial charge in [0.1, 0.15) is 6.04 Å². The van der Waals surface area contributed by atoms with E-state index in [1.807, 2.05) is 38.1 Å². The molecule has 2 atom stereocenters. The molecule has 0 bridgehead atoms. The van der Waals surface area contributed by atoms with Crippen molar-refractivity contribution in [2.45, 2.75) is 26.8 Å². The highest BCUT2D eigenvalue weighted by Gasteiger charge is 2.24. The van der Waals surface area contributed by atoms with E-state index in [9.17, 15) is 9.59 Å². The molecule has 0 heterocycles. The van der Waals surface area contributed by atoms with Crippen LogP contribution >= 0.6 is 0 Å². The Morgan fingerprint density at radius 1 is 1.30 bits per heavy atom. The van der Waals surface area contributed by atoms with Crippen LogP contribution in [0.25, 0.3) is 0 Å². The molecule has 0 saturated heterocycles. The Morgan fingerprint density at radius 2 is 1.85 bits per heavy atom. The predicted molar refractivity (Wildman–Crippen MR) is 77.2 cm³/mol. The molecule has 0 aliphatic heterocycles. The number of carbonyl (C=O) groups excluding carboxylic acids is 1. The van der Waals surface area contributed by atoms with Crippen LogP contribution in [0.1, 0.15) is 31.0 Å². The molecule has 110 valence electrons. The molecule has 0 fully saturated rings. The van der Waals surface area contributed by atoms with E-state index in [2.05, 4.69) is 0 Å². The zero-order valence-corrected chi connectivity index (χ0v) is 12.2. The van der Waals surface area contributed by atoms with E-state index in [4.69, 9.17) is 10.8 Å². The molecule has 1 aromatic carbocycles. The van der Waals surface area contributed by atoms with Crippen molar-refractivity contribution in [1.82, 2.24) is 4.90 Å². The van der Waals surface area contributed by atoms with E-state index < -0.39 is 17.9 Å². The maximum Gasteiger partial charge on any atom is 0.308 e. The summed E-state index contributed by atoms with van der Waals surface area (Å²) >= 11 is 0. The van der Waals surface area contributed by atoms with Gasteiger partial charge in [0.05, 0.1) is 5.92 Å². The highest BCUT2D eigenvalue weighted by atomic mass is 16.4. The quantitative estimate of drug-likeness (QED) is 0.827. The summed E-state index contributed by atoms with van der Waals surface area (Å²) in [5.41, 5.74) is 7.81. The molecule has 3 N–H and O–H groups in total. The van der Waals surface area contributed by atoms with Crippen molar-refractivity contribution in [1.29, 1.82) is 0 Å². The minimum Gasteiger partial charge on any atom is -0.481 e. The van der Waals surface area contributed by atoms with Gasteiger partial charge in [0.15, 0.2) is 0 Å². The molecule has 2 unspecified atom stereocenters. The van der Waals surface area contributed by atoms with Crippen molar-refractivity contribution in [2.75, 3.05) is 13.1 Å². The predicted octanol–water partition coefficient (Wildman–Crippen LogP) is 1.56. The number of aliphatic carboxylic acids is 1. The normalized spacial score (nSPS) is 13.6. The van der Waals surface area contributed by atoms with E-state index in [1.165, 1.54) is 4.90 Å². The smallest absolute Gasteiger partial charge is 0.308 e. The highest BCUT2D eigenvalue weighted by Crippen LogP contribution is 2.15. The van der Waals surface area contributed by atoms with Crippen LogP contribution in [-0.4, -0.2) is 35.0 Å². The van der Waals surface area contributed by atoms with Gasteiger partial charge in [-0.2, -0.15) is 0 Å². The molecule has 0 aliphatic rings. The second-order valence-electron chi connectivity index (χ2n) is 5.00. The van der Waals surface area contributed by atoms with Crippen LogP contribution in [0.15, 0.2) is 24.3 Å². The lowest BCUT2D eigenvalue weighted by Gasteiger charge is -2.26. The van der Waals surface area contributed by atoms with Crippen LogP contribution in [0.3, 0.4) is 0 Å². The van der Waals surface area contributed by atoms with E-state index in [0.717, 1.165) is 11.1 Å². The molecule has 1 aromatic rings. The number of nitrogens with zero attached hydrogens (tertiary/aromatic N) is 1. The molecular weight excluding hydrogens is 256 g/mol. The zero-order chi connectivity index (χ0) is 15.3. The van der Waals surface area contributed by atoms with Crippen molar-refractivity contribution in [3.05, 3.63) is 35.4 Å². The summed E-state index contributed by atoms with van der Waals surface area (Å²) in [5, 5.41) is 8.93. The van der Waals surface area contributed by atoms with Crippen molar-refractivity contribution < 1.29 is 14.7 Å². The number of likely N-dealkylation sites (N-methyl/N-ethyl adjacent to an activating group) is 1. The molecular formula is C15H22N2O3. The summed E-state index contributed by atoms with van der Waals surface area (Å²) in [6, 6.07) is 6.70. The Bertz CT molecular complexity index is 471. The average Bonchev–Trinajstić information content (AvgIpc) is 2.43. The Hall–Kier alpha value is -1.88. The largest absolute Gasteiger partial charge is 0.481 e. The van der Waals surface area contributed by atoms with Crippen LogP contribution in [0.4, 0.5) is 0 Å². The van der Waals surface area contributed by atoms with Crippen LogP contribution in [0, 0.1) is 12.8 Å². The third kappa shape index (κ3) is 4.06. The third-order valence-corrected chi connectivity index (χ3v) is 3.31. The molecule has 0 aromatic heterocycles. The van der Waals surface area contributed by atoms with E-state index in [1.54, 1.807) is 6.92 Å². The summed E-state index contributed by atoms with van der Waals surface area (Å²) in [5.74, 6) is -1.77. The van der Waals surface area contributed by atoms with Crippen LogP contribution in [0.2, 0.25) is 0 Å². The molecule has 1 rings (SSSR count). The van der Waals surface area contributed by atoms with Gasteiger partial charge in [0, 0.05) is 13.1 Å². The first-order valence-corrected chi connectivity index (χ1v) is 6.70. The number of hydrogen-bond donors (Lipinski definition) is 2. The lowest BCUT2D eigenvalue weighted by Crippen LogP contribution is -2.42. The molecule has 1 amide bonds. The second kappa shape index (κ2) is 7.05. The van der Waals surface area contributed by atoms with E-state index >= 15 is 0 Å². The summed E-state index contributed by atoms with van der Waals surface area (Å²) in [7, 11) is 0. The number of aryl methyl sites for hydroxylation is 1. The summed E-state index contributed by atoms with van der Waals surface area (Å²) in [6.07, 6.45) is 0. The highest BCUT2D eigenvalue weighted by molar-refractivity contribution is 5.83. The molecule has 0 saturated carbocycles. The first-order valence-electron chi connectivity index (χ1n) is 6.70. The van der Waals surface area contributed by atoms with Crippen molar-refractivity contribution in [2.24, 2.45) is 11.7 Å². The van der Waals surface area contributed by atoms with Crippen molar-refractivity contribution >= 4 is 11.9 Å². The molecule has 0 radical (unpaired) electrons. The second-order valence-corrected chi connectivity index (χ2v) is 5.00. The lowest BCUT2D eigenvalue weighted by atomic mass is 10.0. The fourth-order valence-corrected chi connectivity index (χ4v) is 1.90. The monoisotopic (exact) mass is 278 g/mol. The van der Waals surface area contributed by atoms with Gasteiger partial charge < -0.3 is 15.7 Å². The van der Waals surface area contributed by atoms with Gasteiger partial charge in [-0.25, -0.2) is 0 Å². The Morgan fingerprint density at radius 3 is 2.30 bits per heavy atom. The fourth-order valence-electron chi connectivity index (χ4n) is 1.90. The van der Waals surface area contributed by atoms with Gasteiger partial charge in [-0.05, 0) is 19.4 Å². The van der Waals surface area contributed by atoms with Gasteiger partial charge in [-0.15, -0.1) is 0 Å².